The van der Waals surface area contributed by atoms with Crippen molar-refractivity contribution < 1.29 is 9.53 Å². The van der Waals surface area contributed by atoms with Gasteiger partial charge in [0, 0.05) is 6.42 Å². The van der Waals surface area contributed by atoms with Crippen LogP contribution in [0.1, 0.15) is 84.0 Å². The molecule has 0 unspecified atom stereocenters. The Morgan fingerprint density at radius 1 is 0.762 bits per heavy atom. The zero-order valence-electron chi connectivity index (χ0n) is 14.1. The van der Waals surface area contributed by atoms with Crippen molar-refractivity contribution in [1.82, 2.24) is 0 Å². The molecule has 0 aromatic rings. The molecule has 0 spiro atoms. The number of rotatable bonds is 14. The molecule has 0 rings (SSSR count). The Kier molecular flexibility index (Phi) is 16.2. The fourth-order valence-electron chi connectivity index (χ4n) is 2.17. The van der Waals surface area contributed by atoms with Gasteiger partial charge in [-0.2, -0.15) is 0 Å². The fraction of sp³-hybridized carbons (Fsp3) is 0.737. The normalized spacial score (nSPS) is 11.5. The fourth-order valence-corrected chi connectivity index (χ4v) is 2.17. The van der Waals surface area contributed by atoms with Crippen molar-refractivity contribution in [3.8, 4) is 0 Å². The molecule has 0 amide bonds. The summed E-state index contributed by atoms with van der Waals surface area (Å²) in [6, 6.07) is 0. The maximum Gasteiger partial charge on any atom is 0.305 e. The molecule has 0 atom stereocenters. The van der Waals surface area contributed by atoms with Gasteiger partial charge >= 0.3 is 5.97 Å². The molecule has 0 saturated carbocycles. The second-order valence-electron chi connectivity index (χ2n) is 5.54. The van der Waals surface area contributed by atoms with E-state index in [2.05, 4.69) is 36.0 Å². The predicted octanol–water partition coefficient (Wildman–Crippen LogP) is 5.97. The molecule has 0 aromatic carbocycles. The molecule has 0 fully saturated rings. The van der Waals surface area contributed by atoms with Crippen LogP contribution in [0.2, 0.25) is 0 Å². The molecule has 122 valence electrons. The number of unbranched alkanes of at least 4 members (excludes halogenated alkanes) is 8. The highest BCUT2D eigenvalue weighted by Crippen LogP contribution is 2.09. The molecule has 0 saturated heterocycles. The van der Waals surface area contributed by atoms with E-state index in [1.807, 2.05) is 0 Å². The minimum absolute atomic E-state index is 0.0790. The molecule has 0 aliphatic carbocycles. The summed E-state index contributed by atoms with van der Waals surface area (Å²) >= 11 is 0. The van der Waals surface area contributed by atoms with E-state index in [1.54, 1.807) is 0 Å². The van der Waals surface area contributed by atoms with Crippen LogP contribution in [0.3, 0.4) is 0 Å². The van der Waals surface area contributed by atoms with Gasteiger partial charge in [0.1, 0.15) is 0 Å². The number of methoxy groups -OCH3 is 1. The Bertz CT molecular complexity index is 279. The molecule has 21 heavy (non-hydrogen) atoms. The summed E-state index contributed by atoms with van der Waals surface area (Å²) in [5.41, 5.74) is 0. The Labute approximate surface area is 131 Å². The van der Waals surface area contributed by atoms with Crippen LogP contribution >= 0.6 is 0 Å². The highest BCUT2D eigenvalue weighted by atomic mass is 16.5. The summed E-state index contributed by atoms with van der Waals surface area (Å²) in [6.07, 6.45) is 23.0. The van der Waals surface area contributed by atoms with Gasteiger partial charge in [0.05, 0.1) is 7.11 Å². The van der Waals surface area contributed by atoms with E-state index >= 15 is 0 Å². The van der Waals surface area contributed by atoms with Crippen LogP contribution in [-0.2, 0) is 9.53 Å². The lowest BCUT2D eigenvalue weighted by atomic mass is 10.1. The van der Waals surface area contributed by atoms with Crippen LogP contribution < -0.4 is 0 Å². The van der Waals surface area contributed by atoms with Gasteiger partial charge in [-0.15, -0.1) is 0 Å². The second kappa shape index (κ2) is 17.0. The maximum absolute atomic E-state index is 10.9. The van der Waals surface area contributed by atoms with E-state index in [0.717, 1.165) is 12.8 Å². The number of hydrogen-bond acceptors (Lipinski definition) is 2. The first-order chi connectivity index (χ1) is 10.3. The molecule has 2 nitrogen and oxygen atoms in total. The lowest BCUT2D eigenvalue weighted by Crippen LogP contribution is -1.99. The number of esters is 1. The molecule has 2 heteroatoms. The molecular weight excluding hydrogens is 260 g/mol. The van der Waals surface area contributed by atoms with Gasteiger partial charge in [-0.3, -0.25) is 4.79 Å². The van der Waals surface area contributed by atoms with Gasteiger partial charge in [0.15, 0.2) is 0 Å². The van der Waals surface area contributed by atoms with Gasteiger partial charge in [-0.05, 0) is 38.5 Å². The summed E-state index contributed by atoms with van der Waals surface area (Å²) in [5, 5.41) is 0. The second-order valence-corrected chi connectivity index (χ2v) is 5.54. The molecule has 0 bridgehead atoms. The van der Waals surface area contributed by atoms with Crippen LogP contribution in [0.4, 0.5) is 0 Å². The average Bonchev–Trinajstić information content (AvgIpc) is 2.50. The van der Waals surface area contributed by atoms with E-state index in [1.165, 1.54) is 64.9 Å². The highest BCUT2D eigenvalue weighted by molar-refractivity contribution is 5.68. The summed E-state index contributed by atoms with van der Waals surface area (Å²) in [5.74, 6) is -0.0790. The number of carbonyl (C=O) groups excluding carboxylic acids is 1. The molecule has 0 aliphatic rings. The first-order valence-electron chi connectivity index (χ1n) is 8.68. The topological polar surface area (TPSA) is 26.3 Å². The zero-order valence-corrected chi connectivity index (χ0v) is 14.1. The van der Waals surface area contributed by atoms with Crippen LogP contribution in [0.25, 0.3) is 0 Å². The molecule has 0 aliphatic heterocycles. The van der Waals surface area contributed by atoms with Gasteiger partial charge in [-0.25, -0.2) is 0 Å². The van der Waals surface area contributed by atoms with Crippen molar-refractivity contribution >= 4 is 5.97 Å². The van der Waals surface area contributed by atoms with E-state index < -0.39 is 0 Å². The minimum Gasteiger partial charge on any atom is -0.469 e. The Morgan fingerprint density at radius 3 is 1.90 bits per heavy atom. The van der Waals surface area contributed by atoms with Crippen molar-refractivity contribution in [2.75, 3.05) is 7.11 Å². The Morgan fingerprint density at radius 2 is 1.29 bits per heavy atom. The number of carbonyl (C=O) groups is 1. The summed E-state index contributed by atoms with van der Waals surface area (Å²) in [7, 11) is 1.46. The van der Waals surface area contributed by atoms with Crippen molar-refractivity contribution in [3.63, 3.8) is 0 Å². The minimum atomic E-state index is -0.0790. The number of ether oxygens (including phenoxy) is 1. The SMILES string of the molecule is CCCC=CCCC=CCCCCCCCCC(=O)OC. The van der Waals surface area contributed by atoms with E-state index in [-0.39, 0.29) is 5.97 Å². The van der Waals surface area contributed by atoms with Crippen molar-refractivity contribution in [3.05, 3.63) is 24.3 Å². The van der Waals surface area contributed by atoms with E-state index in [9.17, 15) is 4.79 Å². The number of hydrogen-bond donors (Lipinski definition) is 0. The van der Waals surface area contributed by atoms with Crippen molar-refractivity contribution in [2.24, 2.45) is 0 Å². The average molecular weight is 294 g/mol. The summed E-state index contributed by atoms with van der Waals surface area (Å²) in [6.45, 7) is 2.21. The smallest absolute Gasteiger partial charge is 0.305 e. The van der Waals surface area contributed by atoms with Crippen LogP contribution in [0.15, 0.2) is 24.3 Å². The molecule has 0 radical (unpaired) electrons. The van der Waals surface area contributed by atoms with Gasteiger partial charge < -0.3 is 4.74 Å². The molecular formula is C19H34O2. The quantitative estimate of drug-likeness (QED) is 0.224. The third-order valence-corrected chi connectivity index (χ3v) is 3.52. The monoisotopic (exact) mass is 294 g/mol. The van der Waals surface area contributed by atoms with E-state index in [0.29, 0.717) is 6.42 Å². The third-order valence-electron chi connectivity index (χ3n) is 3.52. The lowest BCUT2D eigenvalue weighted by Gasteiger charge is -2.00. The zero-order chi connectivity index (χ0) is 15.6. The first-order valence-corrected chi connectivity index (χ1v) is 8.68. The highest BCUT2D eigenvalue weighted by Gasteiger charge is 1.98. The summed E-state index contributed by atoms with van der Waals surface area (Å²) < 4.78 is 4.62. The van der Waals surface area contributed by atoms with Crippen molar-refractivity contribution in [2.45, 2.75) is 84.0 Å². The van der Waals surface area contributed by atoms with Crippen molar-refractivity contribution in [1.29, 1.82) is 0 Å². The van der Waals surface area contributed by atoms with Crippen LogP contribution in [0.5, 0.6) is 0 Å². The van der Waals surface area contributed by atoms with Gasteiger partial charge in [-0.1, -0.05) is 63.3 Å². The maximum atomic E-state index is 10.9. The number of allylic oxidation sites excluding steroid dienone is 4. The summed E-state index contributed by atoms with van der Waals surface area (Å²) in [4.78, 5) is 10.9. The predicted molar refractivity (Wildman–Crippen MR) is 91.4 cm³/mol. The van der Waals surface area contributed by atoms with E-state index in [4.69, 9.17) is 0 Å². The first kappa shape index (κ1) is 19.9. The lowest BCUT2D eigenvalue weighted by molar-refractivity contribution is -0.140. The van der Waals surface area contributed by atoms with Crippen LogP contribution in [-0.4, -0.2) is 13.1 Å². The molecule has 0 aromatic heterocycles. The Hall–Kier alpha value is -1.05. The Balaban J connectivity index is 3.16. The third kappa shape index (κ3) is 16.9. The molecule has 0 N–H and O–H groups in total. The van der Waals surface area contributed by atoms with Gasteiger partial charge in [0.25, 0.3) is 0 Å². The molecule has 0 heterocycles. The standard InChI is InChI=1S/C19H34O2/c1-3-4-5-6-7-8-9-10-11-12-13-14-15-16-17-18-19(20)21-2/h5-6,9-10H,3-4,7-8,11-18H2,1-2H3. The van der Waals surface area contributed by atoms with Crippen LogP contribution in [0, 0.1) is 0 Å². The largest absolute Gasteiger partial charge is 0.469 e. The van der Waals surface area contributed by atoms with Gasteiger partial charge in [0.2, 0.25) is 0 Å².